The maximum atomic E-state index is 4.71. The fourth-order valence-electron chi connectivity index (χ4n) is 2.27. The number of thiol groups is 2. The number of hydrogen-bond donors (Lipinski definition) is 2. The third-order valence-electron chi connectivity index (χ3n) is 3.61. The molecule has 0 aliphatic heterocycles. The minimum Gasteiger partial charge on any atom is -0.176 e. The molecular formula is C16H34S2. The summed E-state index contributed by atoms with van der Waals surface area (Å²) in [6, 6.07) is 0. The third kappa shape index (κ3) is 13.1. The van der Waals surface area contributed by atoms with Crippen molar-refractivity contribution in [2.45, 2.75) is 101 Å². The van der Waals surface area contributed by atoms with E-state index in [0.717, 1.165) is 0 Å². The summed E-state index contributed by atoms with van der Waals surface area (Å²) in [6.07, 6.45) is 16.0. The van der Waals surface area contributed by atoms with Gasteiger partial charge in [0.25, 0.3) is 0 Å². The summed E-state index contributed by atoms with van der Waals surface area (Å²) < 4.78 is 0. The maximum absolute atomic E-state index is 4.71. The van der Waals surface area contributed by atoms with Crippen molar-refractivity contribution in [3.63, 3.8) is 0 Å². The maximum Gasteiger partial charge on any atom is 0.00172 e. The van der Waals surface area contributed by atoms with E-state index in [4.69, 9.17) is 12.6 Å². The Hall–Kier alpha value is 0.700. The highest BCUT2D eigenvalue weighted by Crippen LogP contribution is 2.20. The van der Waals surface area contributed by atoms with E-state index in [0.29, 0.717) is 10.5 Å². The highest BCUT2D eigenvalue weighted by atomic mass is 32.1. The van der Waals surface area contributed by atoms with Crippen LogP contribution >= 0.6 is 25.3 Å². The van der Waals surface area contributed by atoms with Gasteiger partial charge in [0.1, 0.15) is 0 Å². The van der Waals surface area contributed by atoms with E-state index in [-0.39, 0.29) is 0 Å². The van der Waals surface area contributed by atoms with Gasteiger partial charge in [-0.25, -0.2) is 0 Å². The van der Waals surface area contributed by atoms with Gasteiger partial charge in [-0.2, -0.15) is 25.3 Å². The Balaban J connectivity index is 3.28. The summed E-state index contributed by atoms with van der Waals surface area (Å²) in [4.78, 5) is 0. The van der Waals surface area contributed by atoms with Crippen LogP contribution in [0.25, 0.3) is 0 Å². The second-order valence-electron chi connectivity index (χ2n) is 5.58. The van der Waals surface area contributed by atoms with Gasteiger partial charge in [0, 0.05) is 10.5 Å². The van der Waals surface area contributed by atoms with Crippen LogP contribution in [0.1, 0.15) is 90.9 Å². The molecule has 0 saturated heterocycles. The van der Waals surface area contributed by atoms with Crippen LogP contribution in [0, 0.1) is 0 Å². The van der Waals surface area contributed by atoms with Gasteiger partial charge >= 0.3 is 0 Å². The molecule has 110 valence electrons. The van der Waals surface area contributed by atoms with E-state index >= 15 is 0 Å². The first-order valence-electron chi connectivity index (χ1n) is 8.06. The van der Waals surface area contributed by atoms with Crippen molar-refractivity contribution < 1.29 is 0 Å². The van der Waals surface area contributed by atoms with E-state index in [2.05, 4.69) is 26.5 Å². The summed E-state index contributed by atoms with van der Waals surface area (Å²) >= 11 is 9.36. The first-order valence-corrected chi connectivity index (χ1v) is 9.10. The van der Waals surface area contributed by atoms with Crippen molar-refractivity contribution in [3.05, 3.63) is 0 Å². The highest BCUT2D eigenvalue weighted by molar-refractivity contribution is 7.81. The molecule has 2 unspecified atom stereocenters. The first-order chi connectivity index (χ1) is 8.70. The Kier molecular flexibility index (Phi) is 14.7. The molecule has 0 nitrogen and oxygen atoms in total. The average Bonchev–Trinajstić information content (AvgIpc) is 2.38. The standard InChI is InChI=1S/C16H34S2/c1-3-5-7-8-9-10-12-16(18)14-13-15(17)11-6-4-2/h15-18H,3-14H2,1-2H3. The second kappa shape index (κ2) is 14.1. The average molecular weight is 291 g/mol. The van der Waals surface area contributed by atoms with Gasteiger partial charge in [-0.1, -0.05) is 65.2 Å². The molecule has 0 bridgehead atoms. The number of hydrogen-bond acceptors (Lipinski definition) is 2. The largest absolute Gasteiger partial charge is 0.176 e. The van der Waals surface area contributed by atoms with Gasteiger partial charge in [0.05, 0.1) is 0 Å². The lowest BCUT2D eigenvalue weighted by Gasteiger charge is -2.14. The SMILES string of the molecule is CCCCCCCCC(S)CCC(S)CCCC. The van der Waals surface area contributed by atoms with Crippen LogP contribution in [0.2, 0.25) is 0 Å². The number of rotatable bonds is 13. The molecule has 0 aromatic rings. The molecule has 0 radical (unpaired) electrons. The zero-order chi connectivity index (χ0) is 13.6. The Bertz CT molecular complexity index is 159. The molecule has 0 aliphatic carbocycles. The van der Waals surface area contributed by atoms with E-state index < -0.39 is 0 Å². The molecule has 0 aromatic carbocycles. The fourth-order valence-corrected chi connectivity index (χ4v) is 2.94. The highest BCUT2D eigenvalue weighted by Gasteiger charge is 2.07. The lowest BCUT2D eigenvalue weighted by atomic mass is 10.0. The van der Waals surface area contributed by atoms with Crippen LogP contribution in [0.3, 0.4) is 0 Å². The van der Waals surface area contributed by atoms with Crippen LogP contribution in [-0.2, 0) is 0 Å². The molecule has 0 fully saturated rings. The van der Waals surface area contributed by atoms with E-state index in [1.54, 1.807) is 0 Å². The normalized spacial score (nSPS) is 14.7. The smallest absolute Gasteiger partial charge is 0.00172 e. The van der Waals surface area contributed by atoms with Crippen molar-refractivity contribution in [3.8, 4) is 0 Å². The summed E-state index contributed by atoms with van der Waals surface area (Å²) in [5.41, 5.74) is 0. The van der Waals surface area contributed by atoms with Gasteiger partial charge in [0.2, 0.25) is 0 Å². The topological polar surface area (TPSA) is 0 Å². The Morgan fingerprint density at radius 3 is 1.56 bits per heavy atom. The molecule has 0 saturated carbocycles. The summed E-state index contributed by atoms with van der Waals surface area (Å²) in [6.45, 7) is 4.52. The van der Waals surface area contributed by atoms with Crippen molar-refractivity contribution >= 4 is 25.3 Å². The zero-order valence-electron chi connectivity index (χ0n) is 12.5. The van der Waals surface area contributed by atoms with E-state index in [1.807, 2.05) is 0 Å². The van der Waals surface area contributed by atoms with Crippen molar-refractivity contribution in [2.24, 2.45) is 0 Å². The summed E-state index contributed by atoms with van der Waals surface area (Å²) in [5.74, 6) is 0. The summed E-state index contributed by atoms with van der Waals surface area (Å²) in [5, 5.41) is 1.21. The van der Waals surface area contributed by atoms with Crippen molar-refractivity contribution in [2.75, 3.05) is 0 Å². The van der Waals surface area contributed by atoms with E-state index in [9.17, 15) is 0 Å². The molecule has 0 aromatic heterocycles. The first kappa shape index (κ1) is 18.7. The molecular weight excluding hydrogens is 256 g/mol. The molecule has 2 atom stereocenters. The summed E-state index contributed by atoms with van der Waals surface area (Å²) in [7, 11) is 0. The quantitative estimate of drug-likeness (QED) is 0.288. The Labute approximate surface area is 127 Å². The van der Waals surface area contributed by atoms with E-state index in [1.165, 1.54) is 77.0 Å². The third-order valence-corrected chi connectivity index (χ3v) is 4.65. The van der Waals surface area contributed by atoms with Gasteiger partial charge in [-0.3, -0.25) is 0 Å². The van der Waals surface area contributed by atoms with Crippen LogP contribution in [0.5, 0.6) is 0 Å². The predicted octanol–water partition coefficient (Wildman–Crippen LogP) is 6.30. The Morgan fingerprint density at radius 2 is 1.00 bits per heavy atom. The fraction of sp³-hybridized carbons (Fsp3) is 1.00. The van der Waals surface area contributed by atoms with Crippen LogP contribution in [0.4, 0.5) is 0 Å². The van der Waals surface area contributed by atoms with Crippen LogP contribution in [-0.4, -0.2) is 10.5 Å². The molecule has 0 N–H and O–H groups in total. The van der Waals surface area contributed by atoms with Crippen molar-refractivity contribution in [1.29, 1.82) is 0 Å². The minimum absolute atomic E-state index is 0.601. The zero-order valence-corrected chi connectivity index (χ0v) is 14.3. The van der Waals surface area contributed by atoms with Gasteiger partial charge in [-0.15, -0.1) is 0 Å². The molecule has 0 aliphatic rings. The van der Waals surface area contributed by atoms with Gasteiger partial charge in [0.15, 0.2) is 0 Å². The van der Waals surface area contributed by atoms with Crippen molar-refractivity contribution in [1.82, 2.24) is 0 Å². The Morgan fingerprint density at radius 1 is 0.556 bits per heavy atom. The molecule has 0 rings (SSSR count). The predicted molar refractivity (Wildman–Crippen MR) is 92.3 cm³/mol. The van der Waals surface area contributed by atoms with Crippen LogP contribution in [0.15, 0.2) is 0 Å². The minimum atomic E-state index is 0.601. The lowest BCUT2D eigenvalue weighted by Crippen LogP contribution is -2.05. The molecule has 18 heavy (non-hydrogen) atoms. The lowest BCUT2D eigenvalue weighted by molar-refractivity contribution is 0.553. The van der Waals surface area contributed by atoms with Crippen LogP contribution < -0.4 is 0 Å². The number of unbranched alkanes of at least 4 members (excludes halogenated alkanes) is 6. The van der Waals surface area contributed by atoms with Gasteiger partial charge < -0.3 is 0 Å². The molecule has 2 heteroatoms. The molecule has 0 heterocycles. The second-order valence-corrected chi connectivity index (χ2v) is 7.04. The monoisotopic (exact) mass is 290 g/mol. The molecule has 0 amide bonds. The van der Waals surface area contributed by atoms with Gasteiger partial charge in [-0.05, 0) is 25.7 Å². The molecule has 0 spiro atoms.